The van der Waals surface area contributed by atoms with Gasteiger partial charge in [-0.3, -0.25) is 13.8 Å². The molecular formula is C14H16N4OS. The summed E-state index contributed by atoms with van der Waals surface area (Å²) in [6.45, 7) is 2.79. The van der Waals surface area contributed by atoms with E-state index in [9.17, 15) is 4.79 Å². The Morgan fingerprint density at radius 1 is 1.25 bits per heavy atom. The van der Waals surface area contributed by atoms with E-state index in [0.717, 1.165) is 23.5 Å². The lowest BCUT2D eigenvalue weighted by molar-refractivity contribution is 0.620. The predicted molar refractivity (Wildman–Crippen MR) is 81.4 cm³/mol. The van der Waals surface area contributed by atoms with Crippen LogP contribution in [0.2, 0.25) is 0 Å². The molecule has 0 saturated heterocycles. The zero-order valence-electron chi connectivity index (χ0n) is 11.5. The predicted octanol–water partition coefficient (Wildman–Crippen LogP) is 2.57. The van der Waals surface area contributed by atoms with Crippen molar-refractivity contribution in [2.75, 3.05) is 6.26 Å². The van der Waals surface area contributed by atoms with Crippen molar-refractivity contribution in [2.24, 2.45) is 0 Å². The van der Waals surface area contributed by atoms with Gasteiger partial charge < -0.3 is 0 Å². The second kappa shape index (κ2) is 5.28. The molecule has 0 radical (unpaired) electrons. The van der Waals surface area contributed by atoms with Gasteiger partial charge in [0.1, 0.15) is 0 Å². The summed E-state index contributed by atoms with van der Waals surface area (Å²) in [4.78, 5) is 12.6. The third-order valence-electron chi connectivity index (χ3n) is 3.40. The minimum Gasteiger partial charge on any atom is -0.276 e. The molecule has 6 heteroatoms. The van der Waals surface area contributed by atoms with Crippen LogP contribution in [0.5, 0.6) is 0 Å². The lowest BCUT2D eigenvalue weighted by Crippen LogP contribution is -2.23. The summed E-state index contributed by atoms with van der Waals surface area (Å²) in [5, 5.41) is 9.92. The normalized spacial score (nSPS) is 11.5. The summed E-state index contributed by atoms with van der Waals surface area (Å²) in [6.07, 6.45) is 3.96. The lowest BCUT2D eigenvalue weighted by atomic mass is 10.2. The van der Waals surface area contributed by atoms with E-state index in [1.54, 1.807) is 4.57 Å². The number of rotatable bonds is 4. The molecule has 104 valence electrons. The van der Waals surface area contributed by atoms with Crippen LogP contribution in [0.25, 0.3) is 16.7 Å². The third kappa shape index (κ3) is 1.91. The Balaban J connectivity index is 2.44. The molecule has 0 atom stereocenters. The van der Waals surface area contributed by atoms with Crippen LogP contribution in [-0.4, -0.2) is 25.4 Å². The number of hydrogen-bond donors (Lipinski definition) is 0. The van der Waals surface area contributed by atoms with Gasteiger partial charge in [-0.2, -0.15) is 0 Å². The summed E-state index contributed by atoms with van der Waals surface area (Å²) in [5.41, 5.74) is 0.885. The second-order valence-corrected chi connectivity index (χ2v) is 5.42. The molecule has 20 heavy (non-hydrogen) atoms. The molecule has 5 nitrogen and oxygen atoms in total. The van der Waals surface area contributed by atoms with Crippen LogP contribution in [0, 0.1) is 0 Å². The minimum atomic E-state index is 0.0154. The fourth-order valence-corrected chi connectivity index (χ4v) is 2.87. The first kappa shape index (κ1) is 13.2. The molecule has 0 spiro atoms. The van der Waals surface area contributed by atoms with Gasteiger partial charge in [0.15, 0.2) is 5.16 Å². The van der Waals surface area contributed by atoms with Crippen molar-refractivity contribution < 1.29 is 0 Å². The zero-order chi connectivity index (χ0) is 14.1. The molecule has 0 amide bonds. The summed E-state index contributed by atoms with van der Waals surface area (Å²) in [6, 6.07) is 7.63. The van der Waals surface area contributed by atoms with Gasteiger partial charge in [-0.05, 0) is 24.8 Å². The van der Waals surface area contributed by atoms with Crippen molar-refractivity contribution in [1.82, 2.24) is 19.2 Å². The highest BCUT2D eigenvalue weighted by Crippen LogP contribution is 2.19. The number of aryl methyl sites for hydroxylation is 1. The van der Waals surface area contributed by atoms with E-state index in [2.05, 4.69) is 17.1 Å². The highest BCUT2D eigenvalue weighted by molar-refractivity contribution is 7.98. The van der Waals surface area contributed by atoms with Crippen molar-refractivity contribution in [3.63, 3.8) is 0 Å². The number of para-hydroxylation sites is 1. The van der Waals surface area contributed by atoms with Crippen LogP contribution in [0.1, 0.15) is 19.8 Å². The van der Waals surface area contributed by atoms with Gasteiger partial charge in [0.05, 0.1) is 10.9 Å². The van der Waals surface area contributed by atoms with Crippen molar-refractivity contribution in [1.29, 1.82) is 0 Å². The second-order valence-electron chi connectivity index (χ2n) is 4.65. The smallest absolute Gasteiger partial charge is 0.262 e. The minimum absolute atomic E-state index is 0.0154. The maximum absolute atomic E-state index is 12.6. The summed E-state index contributed by atoms with van der Waals surface area (Å²) in [5.74, 6) is 0.631. The molecule has 0 fully saturated rings. The summed E-state index contributed by atoms with van der Waals surface area (Å²) in [7, 11) is 0. The quantitative estimate of drug-likeness (QED) is 0.692. The highest BCUT2D eigenvalue weighted by atomic mass is 32.2. The number of nitrogens with zero attached hydrogens (tertiary/aromatic N) is 4. The Hall–Kier alpha value is -1.82. The van der Waals surface area contributed by atoms with E-state index in [-0.39, 0.29) is 5.56 Å². The monoisotopic (exact) mass is 288 g/mol. The fourth-order valence-electron chi connectivity index (χ4n) is 2.38. The molecule has 0 N–H and O–H groups in total. The molecule has 0 aliphatic rings. The van der Waals surface area contributed by atoms with Gasteiger partial charge >= 0.3 is 0 Å². The van der Waals surface area contributed by atoms with Crippen LogP contribution in [-0.2, 0) is 6.54 Å². The molecule has 1 aromatic carbocycles. The van der Waals surface area contributed by atoms with E-state index < -0.39 is 0 Å². The number of aromatic nitrogens is 4. The number of hydrogen-bond acceptors (Lipinski definition) is 4. The molecule has 3 aromatic rings. The number of fused-ring (bicyclic) bond motifs is 3. The van der Waals surface area contributed by atoms with Gasteiger partial charge in [0, 0.05) is 6.54 Å². The zero-order valence-corrected chi connectivity index (χ0v) is 12.4. The van der Waals surface area contributed by atoms with E-state index in [1.807, 2.05) is 34.9 Å². The third-order valence-corrected chi connectivity index (χ3v) is 4.03. The lowest BCUT2D eigenvalue weighted by Gasteiger charge is -2.10. The highest BCUT2D eigenvalue weighted by Gasteiger charge is 2.15. The van der Waals surface area contributed by atoms with Crippen LogP contribution >= 0.6 is 11.8 Å². The van der Waals surface area contributed by atoms with E-state index in [1.165, 1.54) is 11.8 Å². The summed E-state index contributed by atoms with van der Waals surface area (Å²) < 4.78 is 3.70. The van der Waals surface area contributed by atoms with Gasteiger partial charge in [-0.15, -0.1) is 10.2 Å². The first-order valence-corrected chi connectivity index (χ1v) is 7.91. The Kier molecular flexibility index (Phi) is 3.48. The molecule has 2 heterocycles. The van der Waals surface area contributed by atoms with Gasteiger partial charge in [-0.1, -0.05) is 37.2 Å². The van der Waals surface area contributed by atoms with Crippen molar-refractivity contribution in [3.8, 4) is 0 Å². The van der Waals surface area contributed by atoms with Crippen LogP contribution < -0.4 is 5.56 Å². The molecule has 0 aliphatic heterocycles. The first-order chi connectivity index (χ1) is 9.77. The first-order valence-electron chi connectivity index (χ1n) is 6.68. The molecule has 0 saturated carbocycles. The molecule has 0 bridgehead atoms. The largest absolute Gasteiger partial charge is 0.276 e. The SMILES string of the molecule is CCCCn1c(=O)c2ccccc2n2c(SC)nnc12. The topological polar surface area (TPSA) is 52.2 Å². The van der Waals surface area contributed by atoms with Crippen LogP contribution in [0.15, 0.2) is 34.2 Å². The van der Waals surface area contributed by atoms with Crippen molar-refractivity contribution in [3.05, 3.63) is 34.6 Å². The van der Waals surface area contributed by atoms with Crippen LogP contribution in [0.3, 0.4) is 0 Å². The maximum atomic E-state index is 12.6. The van der Waals surface area contributed by atoms with Gasteiger partial charge in [0.2, 0.25) is 5.78 Å². The Bertz CT molecular complexity index is 821. The molecule has 3 rings (SSSR count). The fraction of sp³-hybridized carbons (Fsp3) is 0.357. The number of unbranched alkanes of at least 4 members (excludes halogenated alkanes) is 1. The Labute approximate surface area is 120 Å². The molecule has 0 aliphatic carbocycles. The van der Waals surface area contributed by atoms with Gasteiger partial charge in [0.25, 0.3) is 5.56 Å². The summed E-state index contributed by atoms with van der Waals surface area (Å²) >= 11 is 1.53. The average molecular weight is 288 g/mol. The van der Waals surface area contributed by atoms with E-state index in [4.69, 9.17) is 0 Å². The standard InChI is InChI=1S/C14H16N4OS/c1-3-4-9-17-12(19)10-7-5-6-8-11(10)18-13(17)15-16-14(18)20-2/h5-8H,3-4,9H2,1-2H3. The molecule has 0 unspecified atom stereocenters. The van der Waals surface area contributed by atoms with Gasteiger partial charge in [-0.25, -0.2) is 0 Å². The van der Waals surface area contributed by atoms with Crippen LogP contribution in [0.4, 0.5) is 0 Å². The van der Waals surface area contributed by atoms with Crippen molar-refractivity contribution in [2.45, 2.75) is 31.5 Å². The Morgan fingerprint density at radius 3 is 2.80 bits per heavy atom. The average Bonchev–Trinajstić information content (AvgIpc) is 2.91. The van der Waals surface area contributed by atoms with Crippen molar-refractivity contribution >= 4 is 28.4 Å². The Morgan fingerprint density at radius 2 is 2.05 bits per heavy atom. The maximum Gasteiger partial charge on any atom is 0.262 e. The number of thioether (sulfide) groups is 1. The van der Waals surface area contributed by atoms with E-state index in [0.29, 0.717) is 17.7 Å². The van der Waals surface area contributed by atoms with E-state index >= 15 is 0 Å². The molecule has 2 aromatic heterocycles. The molecular weight excluding hydrogens is 272 g/mol. The number of benzene rings is 1.